The van der Waals surface area contributed by atoms with E-state index in [1.54, 1.807) is 24.0 Å². The third kappa shape index (κ3) is 2.71. The number of carbonyl (C=O) groups is 1. The minimum atomic E-state index is -0.507. The van der Waals surface area contributed by atoms with Crippen molar-refractivity contribution in [1.82, 2.24) is 19.5 Å². The van der Waals surface area contributed by atoms with Crippen LogP contribution in [0.2, 0.25) is 0 Å². The van der Waals surface area contributed by atoms with Gasteiger partial charge in [0.05, 0.1) is 5.56 Å². The fraction of sp³-hybridized carbons (Fsp3) is 0.278. The normalized spacial score (nSPS) is 17.4. The van der Waals surface area contributed by atoms with Gasteiger partial charge in [-0.1, -0.05) is 12.1 Å². The Morgan fingerprint density at radius 1 is 1.32 bits per heavy atom. The van der Waals surface area contributed by atoms with Crippen molar-refractivity contribution in [1.29, 1.82) is 0 Å². The molecule has 0 saturated carbocycles. The number of rotatable bonds is 2. The van der Waals surface area contributed by atoms with Crippen LogP contribution in [0.4, 0.5) is 4.39 Å². The molecule has 7 heteroatoms. The van der Waals surface area contributed by atoms with E-state index in [2.05, 4.69) is 10.1 Å². The van der Waals surface area contributed by atoms with Gasteiger partial charge in [0.25, 0.3) is 11.5 Å². The Morgan fingerprint density at radius 2 is 2.12 bits per heavy atom. The zero-order chi connectivity index (χ0) is 17.6. The van der Waals surface area contributed by atoms with Crippen LogP contribution in [0, 0.1) is 12.7 Å². The number of likely N-dealkylation sites (tertiary alicyclic amines) is 1. The summed E-state index contributed by atoms with van der Waals surface area (Å²) in [5, 5.41) is 3.07. The highest BCUT2D eigenvalue weighted by Crippen LogP contribution is 2.28. The lowest BCUT2D eigenvalue weighted by Gasteiger charge is -2.16. The molecule has 3 aromatic rings. The number of halogens is 1. The van der Waals surface area contributed by atoms with Crippen LogP contribution in [0.5, 0.6) is 0 Å². The molecule has 2 aromatic heterocycles. The van der Waals surface area contributed by atoms with Crippen LogP contribution in [0.3, 0.4) is 0 Å². The number of aromatic amines is 1. The molecule has 0 aliphatic carbocycles. The highest BCUT2D eigenvalue weighted by molar-refractivity contribution is 5.94. The molecule has 128 valence electrons. The zero-order valence-electron chi connectivity index (χ0n) is 13.7. The largest absolute Gasteiger partial charge is 0.338 e. The summed E-state index contributed by atoms with van der Waals surface area (Å²) in [6.07, 6.45) is 0.751. The Morgan fingerprint density at radius 3 is 2.92 bits per heavy atom. The van der Waals surface area contributed by atoms with Crippen molar-refractivity contribution in [2.45, 2.75) is 19.3 Å². The van der Waals surface area contributed by atoms with E-state index in [-0.39, 0.29) is 22.9 Å². The number of H-pyrrole nitrogens is 1. The van der Waals surface area contributed by atoms with E-state index in [1.807, 2.05) is 6.07 Å². The van der Waals surface area contributed by atoms with Crippen molar-refractivity contribution in [3.63, 3.8) is 0 Å². The van der Waals surface area contributed by atoms with E-state index in [4.69, 9.17) is 0 Å². The van der Waals surface area contributed by atoms with E-state index < -0.39 is 5.82 Å². The van der Waals surface area contributed by atoms with Crippen molar-refractivity contribution >= 4 is 11.6 Å². The molecule has 4 rings (SSSR count). The monoisotopic (exact) mass is 340 g/mol. The number of hydrogen-bond donors (Lipinski definition) is 1. The Bertz CT molecular complexity index is 1020. The molecule has 1 amide bonds. The molecule has 1 saturated heterocycles. The lowest BCUT2D eigenvalue weighted by Crippen LogP contribution is -2.29. The number of aromatic nitrogens is 3. The smallest absolute Gasteiger partial charge is 0.272 e. The SMILES string of the molecule is Cc1cc(=O)n2[nH]c([C@H]3CCN(C(=O)c4ccccc4F)C3)cc2n1. The van der Waals surface area contributed by atoms with Crippen molar-refractivity contribution in [3.8, 4) is 0 Å². The standard InChI is InChI=1S/C18H17FN4O2/c1-11-8-17(24)23-16(20-11)9-15(21-23)12-6-7-22(10-12)18(25)13-4-2-3-5-14(13)19/h2-5,8-9,12,21H,6-7,10H2,1H3/t12-/m0/s1. The molecule has 0 bridgehead atoms. The van der Waals surface area contributed by atoms with Crippen LogP contribution in [-0.4, -0.2) is 38.5 Å². The molecular weight excluding hydrogens is 323 g/mol. The maximum atomic E-state index is 13.8. The first-order chi connectivity index (χ1) is 12.0. The first-order valence-corrected chi connectivity index (χ1v) is 8.16. The van der Waals surface area contributed by atoms with Gasteiger partial charge in [0.1, 0.15) is 5.82 Å². The predicted molar refractivity (Wildman–Crippen MR) is 90.2 cm³/mol. The fourth-order valence-corrected chi connectivity index (χ4v) is 3.34. The van der Waals surface area contributed by atoms with Gasteiger partial charge in [-0.05, 0) is 25.5 Å². The van der Waals surface area contributed by atoms with Gasteiger partial charge in [0.15, 0.2) is 5.65 Å². The van der Waals surface area contributed by atoms with E-state index >= 15 is 0 Å². The van der Waals surface area contributed by atoms with Crippen LogP contribution in [-0.2, 0) is 0 Å². The number of hydrogen-bond acceptors (Lipinski definition) is 3. The number of nitrogens with one attached hydrogen (secondary N) is 1. The van der Waals surface area contributed by atoms with E-state index in [0.717, 1.165) is 12.1 Å². The Balaban J connectivity index is 1.59. The second-order valence-electron chi connectivity index (χ2n) is 6.36. The molecule has 6 nitrogen and oxygen atoms in total. The second kappa shape index (κ2) is 5.84. The average molecular weight is 340 g/mol. The van der Waals surface area contributed by atoms with Gasteiger partial charge in [-0.25, -0.2) is 13.9 Å². The van der Waals surface area contributed by atoms with E-state index in [9.17, 15) is 14.0 Å². The first kappa shape index (κ1) is 15.6. The van der Waals surface area contributed by atoms with Gasteiger partial charge < -0.3 is 4.90 Å². The molecule has 25 heavy (non-hydrogen) atoms. The van der Waals surface area contributed by atoms with Crippen LogP contribution >= 0.6 is 0 Å². The van der Waals surface area contributed by atoms with Crippen LogP contribution in [0.1, 0.15) is 34.1 Å². The molecule has 1 fully saturated rings. The number of aryl methyl sites for hydroxylation is 1. The number of fused-ring (bicyclic) bond motifs is 1. The zero-order valence-corrected chi connectivity index (χ0v) is 13.7. The van der Waals surface area contributed by atoms with E-state index in [0.29, 0.717) is 24.4 Å². The lowest BCUT2D eigenvalue weighted by molar-refractivity contribution is 0.0786. The summed E-state index contributed by atoms with van der Waals surface area (Å²) >= 11 is 0. The molecular formula is C18H17FN4O2. The summed E-state index contributed by atoms with van der Waals surface area (Å²) in [5.41, 5.74) is 2.02. The van der Waals surface area contributed by atoms with Crippen molar-refractivity contribution < 1.29 is 9.18 Å². The Labute approximate surface area is 142 Å². The quantitative estimate of drug-likeness (QED) is 0.777. The van der Waals surface area contributed by atoms with Gasteiger partial charge in [-0.3, -0.25) is 14.7 Å². The van der Waals surface area contributed by atoms with Gasteiger partial charge in [0, 0.05) is 42.5 Å². The highest BCUT2D eigenvalue weighted by Gasteiger charge is 2.30. The maximum Gasteiger partial charge on any atom is 0.272 e. The summed E-state index contributed by atoms with van der Waals surface area (Å²) in [6, 6.07) is 9.32. The van der Waals surface area contributed by atoms with Crippen molar-refractivity contribution in [3.05, 3.63) is 69.5 Å². The molecule has 0 unspecified atom stereocenters. The van der Waals surface area contributed by atoms with Crippen LogP contribution in [0.25, 0.3) is 5.65 Å². The minimum Gasteiger partial charge on any atom is -0.338 e. The van der Waals surface area contributed by atoms with Gasteiger partial charge in [0.2, 0.25) is 0 Å². The number of amides is 1. The summed E-state index contributed by atoms with van der Waals surface area (Å²) < 4.78 is 15.2. The number of nitrogens with zero attached hydrogens (tertiary/aromatic N) is 3. The lowest BCUT2D eigenvalue weighted by atomic mass is 10.1. The van der Waals surface area contributed by atoms with Crippen molar-refractivity contribution in [2.75, 3.05) is 13.1 Å². The Kier molecular flexibility index (Phi) is 3.63. The molecule has 1 aliphatic rings. The summed E-state index contributed by atoms with van der Waals surface area (Å²) in [4.78, 5) is 30.5. The molecule has 3 heterocycles. The predicted octanol–water partition coefficient (Wildman–Crippen LogP) is 2.10. The summed E-state index contributed by atoms with van der Waals surface area (Å²) in [6.45, 7) is 2.81. The molecule has 1 aliphatic heterocycles. The van der Waals surface area contributed by atoms with E-state index in [1.165, 1.54) is 22.7 Å². The summed E-state index contributed by atoms with van der Waals surface area (Å²) in [7, 11) is 0. The molecule has 1 aromatic carbocycles. The summed E-state index contributed by atoms with van der Waals surface area (Å²) in [5.74, 6) is -0.743. The number of benzene rings is 1. The number of carbonyl (C=O) groups excluding carboxylic acids is 1. The van der Waals surface area contributed by atoms with Gasteiger partial charge >= 0.3 is 0 Å². The van der Waals surface area contributed by atoms with Gasteiger partial charge in [-0.2, -0.15) is 0 Å². The second-order valence-corrected chi connectivity index (χ2v) is 6.36. The maximum absolute atomic E-state index is 13.8. The Hall–Kier alpha value is -2.96. The molecule has 0 radical (unpaired) electrons. The average Bonchev–Trinajstić information content (AvgIpc) is 3.21. The minimum absolute atomic E-state index is 0.0668. The van der Waals surface area contributed by atoms with Gasteiger partial charge in [-0.15, -0.1) is 0 Å². The topological polar surface area (TPSA) is 70.5 Å². The van der Waals surface area contributed by atoms with Crippen molar-refractivity contribution in [2.24, 2.45) is 0 Å². The third-order valence-electron chi connectivity index (χ3n) is 4.62. The third-order valence-corrected chi connectivity index (χ3v) is 4.62. The highest BCUT2D eigenvalue weighted by atomic mass is 19.1. The molecule has 1 atom stereocenters. The first-order valence-electron chi connectivity index (χ1n) is 8.16. The van der Waals surface area contributed by atoms with Crippen LogP contribution in [0.15, 0.2) is 41.2 Å². The molecule has 1 N–H and O–H groups in total. The fourth-order valence-electron chi connectivity index (χ4n) is 3.34. The molecule has 0 spiro atoms. The van der Waals surface area contributed by atoms with Crippen LogP contribution < -0.4 is 5.56 Å².